The molecular weight excluding hydrogens is 176 g/mol. The number of carbonyl (C=O) groups excluding carboxylic acids is 1. The first-order valence-corrected chi connectivity index (χ1v) is 4.84. The Balaban J connectivity index is 0.000000791. The van der Waals surface area contributed by atoms with Crippen molar-refractivity contribution in [3.63, 3.8) is 0 Å². The van der Waals surface area contributed by atoms with E-state index in [4.69, 9.17) is 0 Å². The number of amides is 1. The number of pyridine rings is 1. The van der Waals surface area contributed by atoms with Crippen LogP contribution in [0.3, 0.4) is 0 Å². The van der Waals surface area contributed by atoms with Gasteiger partial charge in [-0.1, -0.05) is 13.8 Å². The third-order valence-corrected chi connectivity index (χ3v) is 1.50. The summed E-state index contributed by atoms with van der Waals surface area (Å²) >= 11 is 0. The van der Waals surface area contributed by atoms with Gasteiger partial charge in [0, 0.05) is 25.4 Å². The Kier molecular flexibility index (Phi) is 6.37. The predicted molar refractivity (Wildman–Crippen MR) is 57.8 cm³/mol. The van der Waals surface area contributed by atoms with E-state index in [1.807, 2.05) is 32.9 Å². The average Bonchev–Trinajstić information content (AvgIpc) is 2.18. The first-order chi connectivity index (χ1) is 6.68. The largest absolute Gasteiger partial charge is 0.352 e. The van der Waals surface area contributed by atoms with E-state index in [1.54, 1.807) is 6.20 Å². The van der Waals surface area contributed by atoms with Crippen molar-refractivity contribution >= 4 is 5.91 Å². The van der Waals surface area contributed by atoms with Gasteiger partial charge in [-0.2, -0.15) is 0 Å². The molecule has 0 saturated heterocycles. The van der Waals surface area contributed by atoms with Crippen LogP contribution >= 0.6 is 0 Å². The van der Waals surface area contributed by atoms with Crippen molar-refractivity contribution in [1.82, 2.24) is 10.3 Å². The smallest absolute Gasteiger partial charge is 0.217 e. The van der Waals surface area contributed by atoms with Crippen molar-refractivity contribution < 1.29 is 4.79 Å². The molecule has 0 aliphatic carbocycles. The van der Waals surface area contributed by atoms with Crippen LogP contribution in [0.25, 0.3) is 0 Å². The molecule has 3 nitrogen and oxygen atoms in total. The summed E-state index contributed by atoms with van der Waals surface area (Å²) in [5.41, 5.74) is 2.05. The molecule has 1 rings (SSSR count). The van der Waals surface area contributed by atoms with Gasteiger partial charge in [0.15, 0.2) is 0 Å². The molecule has 1 aromatic heterocycles. The van der Waals surface area contributed by atoms with Crippen LogP contribution in [-0.4, -0.2) is 10.9 Å². The minimum absolute atomic E-state index is 0.00975. The Labute approximate surface area is 85.6 Å². The molecule has 1 amide bonds. The quantitative estimate of drug-likeness (QED) is 0.783. The number of aromatic nitrogens is 1. The molecule has 3 heteroatoms. The maximum atomic E-state index is 10.6. The van der Waals surface area contributed by atoms with Crippen LogP contribution in [0.1, 0.15) is 32.0 Å². The Bertz CT molecular complexity index is 284. The second-order valence-corrected chi connectivity index (χ2v) is 2.72. The van der Waals surface area contributed by atoms with E-state index in [0.717, 1.165) is 11.3 Å². The van der Waals surface area contributed by atoms with Gasteiger partial charge in [-0.3, -0.25) is 9.78 Å². The van der Waals surface area contributed by atoms with E-state index in [9.17, 15) is 4.79 Å². The van der Waals surface area contributed by atoms with Crippen LogP contribution in [0.2, 0.25) is 0 Å². The minimum atomic E-state index is -0.00975. The Hall–Kier alpha value is -1.38. The first kappa shape index (κ1) is 12.6. The van der Waals surface area contributed by atoms with Crippen LogP contribution in [0.4, 0.5) is 0 Å². The molecule has 0 aliphatic heterocycles. The molecular formula is C11H18N2O. The van der Waals surface area contributed by atoms with Crippen molar-refractivity contribution in [3.05, 3.63) is 29.6 Å². The summed E-state index contributed by atoms with van der Waals surface area (Å²) in [6, 6.07) is 3.85. The molecule has 0 radical (unpaired) electrons. The fourth-order valence-electron chi connectivity index (χ4n) is 0.941. The summed E-state index contributed by atoms with van der Waals surface area (Å²) in [5.74, 6) is -0.00975. The van der Waals surface area contributed by atoms with Gasteiger partial charge in [-0.05, 0) is 24.6 Å². The highest BCUT2D eigenvalue weighted by molar-refractivity contribution is 5.72. The summed E-state index contributed by atoms with van der Waals surface area (Å²) < 4.78 is 0. The van der Waals surface area contributed by atoms with Gasteiger partial charge in [0.05, 0.1) is 0 Å². The molecule has 0 unspecified atom stereocenters. The maximum absolute atomic E-state index is 10.6. The number of nitrogens with zero attached hydrogens (tertiary/aromatic N) is 1. The Morgan fingerprint density at radius 1 is 1.50 bits per heavy atom. The van der Waals surface area contributed by atoms with Crippen molar-refractivity contribution in [3.8, 4) is 0 Å². The lowest BCUT2D eigenvalue weighted by atomic mass is 10.2. The summed E-state index contributed by atoms with van der Waals surface area (Å²) in [6.45, 7) is 8.02. The van der Waals surface area contributed by atoms with E-state index >= 15 is 0 Å². The lowest BCUT2D eigenvalue weighted by Gasteiger charge is -2.01. The summed E-state index contributed by atoms with van der Waals surface area (Å²) in [6.07, 6.45) is 1.74. The first-order valence-electron chi connectivity index (χ1n) is 4.84. The molecule has 0 bridgehead atoms. The van der Waals surface area contributed by atoms with E-state index in [2.05, 4.69) is 10.3 Å². The lowest BCUT2D eigenvalue weighted by Crippen LogP contribution is -2.18. The third-order valence-electron chi connectivity index (χ3n) is 1.50. The second kappa shape index (κ2) is 7.06. The monoisotopic (exact) mass is 194 g/mol. The number of nitrogens with one attached hydrogen (secondary N) is 1. The topological polar surface area (TPSA) is 42.0 Å². The van der Waals surface area contributed by atoms with E-state index in [-0.39, 0.29) is 5.91 Å². The number of aryl methyl sites for hydroxylation is 1. The number of rotatable bonds is 2. The van der Waals surface area contributed by atoms with Crippen LogP contribution in [0.15, 0.2) is 18.3 Å². The second-order valence-electron chi connectivity index (χ2n) is 2.72. The SMILES string of the molecule is CC.CC(=O)NCc1ccnc(C)c1. The zero-order valence-corrected chi connectivity index (χ0v) is 9.29. The lowest BCUT2D eigenvalue weighted by molar-refractivity contribution is -0.119. The number of carbonyl (C=O) groups is 1. The standard InChI is InChI=1S/C9H12N2O.C2H6/c1-7-5-9(3-4-10-7)6-11-8(2)12;1-2/h3-5H,6H2,1-2H3,(H,11,12);1-2H3. The number of hydrogen-bond acceptors (Lipinski definition) is 2. The van der Waals surface area contributed by atoms with Crippen LogP contribution in [0.5, 0.6) is 0 Å². The normalized spacial score (nSPS) is 8.57. The van der Waals surface area contributed by atoms with E-state index in [1.165, 1.54) is 6.92 Å². The Morgan fingerprint density at radius 3 is 2.64 bits per heavy atom. The predicted octanol–water partition coefficient (Wildman–Crippen LogP) is 2.05. The molecule has 14 heavy (non-hydrogen) atoms. The van der Waals surface area contributed by atoms with Gasteiger partial charge in [0.25, 0.3) is 0 Å². The van der Waals surface area contributed by atoms with Crippen LogP contribution in [0, 0.1) is 6.92 Å². The van der Waals surface area contributed by atoms with Gasteiger partial charge in [-0.25, -0.2) is 0 Å². The van der Waals surface area contributed by atoms with E-state index in [0.29, 0.717) is 6.54 Å². The maximum Gasteiger partial charge on any atom is 0.217 e. The fraction of sp³-hybridized carbons (Fsp3) is 0.455. The van der Waals surface area contributed by atoms with Gasteiger partial charge in [0.1, 0.15) is 0 Å². The van der Waals surface area contributed by atoms with Gasteiger partial charge in [0.2, 0.25) is 5.91 Å². The number of hydrogen-bond donors (Lipinski definition) is 1. The minimum Gasteiger partial charge on any atom is -0.352 e. The van der Waals surface area contributed by atoms with Crippen molar-refractivity contribution in [2.24, 2.45) is 0 Å². The van der Waals surface area contributed by atoms with Gasteiger partial charge < -0.3 is 5.32 Å². The zero-order valence-electron chi connectivity index (χ0n) is 9.29. The molecule has 1 aromatic rings. The molecule has 1 heterocycles. The molecule has 78 valence electrons. The molecule has 0 spiro atoms. The van der Waals surface area contributed by atoms with Gasteiger partial charge >= 0.3 is 0 Å². The highest BCUT2D eigenvalue weighted by Crippen LogP contribution is 1.99. The molecule has 0 aromatic carbocycles. The summed E-state index contributed by atoms with van der Waals surface area (Å²) in [7, 11) is 0. The highest BCUT2D eigenvalue weighted by Gasteiger charge is 1.94. The zero-order chi connectivity index (χ0) is 11.0. The average molecular weight is 194 g/mol. The van der Waals surface area contributed by atoms with Crippen LogP contribution in [-0.2, 0) is 11.3 Å². The van der Waals surface area contributed by atoms with Crippen molar-refractivity contribution in [1.29, 1.82) is 0 Å². The summed E-state index contributed by atoms with van der Waals surface area (Å²) in [4.78, 5) is 14.6. The van der Waals surface area contributed by atoms with Crippen molar-refractivity contribution in [2.45, 2.75) is 34.2 Å². The fourth-order valence-corrected chi connectivity index (χ4v) is 0.941. The molecule has 0 fully saturated rings. The molecule has 0 atom stereocenters. The van der Waals surface area contributed by atoms with Crippen LogP contribution < -0.4 is 5.32 Å². The van der Waals surface area contributed by atoms with Gasteiger partial charge in [-0.15, -0.1) is 0 Å². The van der Waals surface area contributed by atoms with Crippen molar-refractivity contribution in [2.75, 3.05) is 0 Å². The molecule has 1 N–H and O–H groups in total. The molecule has 0 saturated carbocycles. The Morgan fingerprint density at radius 2 is 2.14 bits per heavy atom. The third kappa shape index (κ3) is 5.30. The molecule has 0 aliphatic rings. The summed E-state index contributed by atoms with van der Waals surface area (Å²) in [5, 5.41) is 2.72. The highest BCUT2D eigenvalue weighted by atomic mass is 16.1. The van der Waals surface area contributed by atoms with E-state index < -0.39 is 0 Å².